The molecule has 0 amide bonds. The molecule has 2 aromatic heterocycles. The molecule has 6 nitrogen and oxygen atoms in total. The van der Waals surface area contributed by atoms with Gasteiger partial charge in [-0.1, -0.05) is 0 Å². The summed E-state index contributed by atoms with van der Waals surface area (Å²) in [5, 5.41) is 12.9. The Balaban J connectivity index is 2.19. The van der Waals surface area contributed by atoms with Crippen molar-refractivity contribution in [1.82, 2.24) is 14.9 Å². The Bertz CT molecular complexity index is 766. The topological polar surface area (TPSA) is 84.2 Å². The molecule has 1 atom stereocenters. The minimum absolute atomic E-state index is 0.202. The molecule has 3 rings (SSSR count). The van der Waals surface area contributed by atoms with Crippen LogP contribution in [-0.4, -0.2) is 33.7 Å². The molecule has 0 aromatic carbocycles. The zero-order valence-electron chi connectivity index (χ0n) is 11.2. The molecule has 1 fully saturated rings. The van der Waals surface area contributed by atoms with E-state index in [1.807, 2.05) is 4.57 Å². The monoisotopic (exact) mass is 351 g/mol. The third-order valence-corrected chi connectivity index (χ3v) is 4.21. The number of carbonyl (C=O) groups is 1. The average molecular weight is 352 g/mol. The average Bonchev–Trinajstić information content (AvgIpc) is 2.94. The third kappa shape index (κ3) is 2.71. The van der Waals surface area contributed by atoms with Gasteiger partial charge in [0.15, 0.2) is 0 Å². The standard InChI is InChI=1S/C14H14BrN3O3/c15-12-3-9-11(5-17-12)18(6-8-1-2-16-4-8)7-10(13(9)19)14(20)21/h3,5,7-8,16H,1-2,4,6H2,(H,20,21). The number of fused-ring (bicyclic) bond motifs is 1. The lowest BCUT2D eigenvalue weighted by Crippen LogP contribution is -2.22. The van der Waals surface area contributed by atoms with Crippen LogP contribution in [0.2, 0.25) is 0 Å². The van der Waals surface area contributed by atoms with Crippen molar-refractivity contribution in [2.45, 2.75) is 13.0 Å². The predicted molar refractivity (Wildman–Crippen MR) is 81.6 cm³/mol. The first-order chi connectivity index (χ1) is 10.1. The molecule has 0 bridgehead atoms. The summed E-state index contributed by atoms with van der Waals surface area (Å²) < 4.78 is 2.35. The van der Waals surface area contributed by atoms with Crippen molar-refractivity contribution in [2.75, 3.05) is 13.1 Å². The van der Waals surface area contributed by atoms with Crippen LogP contribution in [0.5, 0.6) is 0 Å². The van der Waals surface area contributed by atoms with Crippen molar-refractivity contribution < 1.29 is 9.90 Å². The molecule has 0 saturated carbocycles. The summed E-state index contributed by atoms with van der Waals surface area (Å²) in [5.41, 5.74) is -0.00643. The fraction of sp³-hybridized carbons (Fsp3) is 0.357. The number of nitrogens with zero attached hydrogens (tertiary/aromatic N) is 2. The number of nitrogens with one attached hydrogen (secondary N) is 1. The van der Waals surface area contributed by atoms with Crippen molar-refractivity contribution in [3.05, 3.63) is 38.9 Å². The molecule has 1 unspecified atom stereocenters. The molecule has 1 aliphatic rings. The quantitative estimate of drug-likeness (QED) is 0.818. The van der Waals surface area contributed by atoms with Crippen LogP contribution in [0.25, 0.3) is 10.9 Å². The SMILES string of the molecule is O=C(O)c1cn(CC2CCNC2)c2cnc(Br)cc2c1=O. The molecule has 21 heavy (non-hydrogen) atoms. The Morgan fingerprint density at radius 1 is 1.57 bits per heavy atom. The van der Waals surface area contributed by atoms with Crippen molar-refractivity contribution in [3.8, 4) is 0 Å². The van der Waals surface area contributed by atoms with Crippen LogP contribution < -0.4 is 10.7 Å². The fourth-order valence-electron chi connectivity index (χ4n) is 2.71. The van der Waals surface area contributed by atoms with Crippen molar-refractivity contribution in [3.63, 3.8) is 0 Å². The van der Waals surface area contributed by atoms with E-state index in [4.69, 9.17) is 0 Å². The first kappa shape index (κ1) is 14.2. The van der Waals surface area contributed by atoms with Crippen molar-refractivity contribution in [2.24, 2.45) is 5.92 Å². The first-order valence-electron chi connectivity index (χ1n) is 6.69. The maximum Gasteiger partial charge on any atom is 0.341 e. The number of aromatic nitrogens is 2. The number of pyridine rings is 2. The molecule has 7 heteroatoms. The van der Waals surface area contributed by atoms with E-state index >= 15 is 0 Å². The largest absolute Gasteiger partial charge is 0.477 e. The van der Waals surface area contributed by atoms with Gasteiger partial charge in [0.25, 0.3) is 0 Å². The molecule has 1 aliphatic heterocycles. The maximum atomic E-state index is 12.3. The summed E-state index contributed by atoms with van der Waals surface area (Å²) in [6.07, 6.45) is 4.08. The van der Waals surface area contributed by atoms with E-state index in [1.165, 1.54) is 6.20 Å². The summed E-state index contributed by atoms with van der Waals surface area (Å²) in [6, 6.07) is 1.58. The Labute approximate surface area is 128 Å². The van der Waals surface area contributed by atoms with Crippen LogP contribution in [0.3, 0.4) is 0 Å². The fourth-order valence-corrected chi connectivity index (χ4v) is 3.05. The summed E-state index contributed by atoms with van der Waals surface area (Å²) >= 11 is 3.22. The van der Waals surface area contributed by atoms with Gasteiger partial charge in [0, 0.05) is 12.7 Å². The molecule has 2 N–H and O–H groups in total. The van der Waals surface area contributed by atoms with Crippen LogP contribution in [0.4, 0.5) is 0 Å². The molecule has 110 valence electrons. The lowest BCUT2D eigenvalue weighted by atomic mass is 10.1. The number of hydrogen-bond donors (Lipinski definition) is 2. The molecule has 0 spiro atoms. The third-order valence-electron chi connectivity index (χ3n) is 3.78. The number of hydrogen-bond acceptors (Lipinski definition) is 4. The molecular formula is C14H14BrN3O3. The van der Waals surface area contributed by atoms with Gasteiger partial charge in [0.1, 0.15) is 10.2 Å². The first-order valence-corrected chi connectivity index (χ1v) is 7.48. The van der Waals surface area contributed by atoms with Gasteiger partial charge in [-0.05, 0) is 47.4 Å². The van der Waals surface area contributed by atoms with Crippen LogP contribution >= 0.6 is 15.9 Å². The molecule has 0 aliphatic carbocycles. The zero-order chi connectivity index (χ0) is 15.0. The van der Waals surface area contributed by atoms with Crippen molar-refractivity contribution >= 4 is 32.8 Å². The highest BCUT2D eigenvalue weighted by atomic mass is 79.9. The minimum Gasteiger partial charge on any atom is -0.477 e. The van der Waals surface area contributed by atoms with E-state index in [-0.39, 0.29) is 5.56 Å². The second-order valence-electron chi connectivity index (χ2n) is 5.21. The predicted octanol–water partition coefficient (Wildman–Crippen LogP) is 1.47. The molecule has 0 radical (unpaired) electrons. The molecule has 1 saturated heterocycles. The Hall–Kier alpha value is -1.73. The van der Waals surface area contributed by atoms with Gasteiger partial charge < -0.3 is 15.0 Å². The Morgan fingerprint density at radius 3 is 3.05 bits per heavy atom. The maximum absolute atomic E-state index is 12.3. The van der Waals surface area contributed by atoms with Crippen LogP contribution in [0.1, 0.15) is 16.8 Å². The summed E-state index contributed by atoms with van der Waals surface area (Å²) in [7, 11) is 0. The highest BCUT2D eigenvalue weighted by Gasteiger charge is 2.19. The second-order valence-corrected chi connectivity index (χ2v) is 6.02. The van der Waals surface area contributed by atoms with E-state index in [0.29, 0.717) is 28.0 Å². The molecule has 2 aromatic rings. The number of rotatable bonds is 3. The smallest absolute Gasteiger partial charge is 0.341 e. The van der Waals surface area contributed by atoms with Gasteiger partial charge in [-0.3, -0.25) is 4.79 Å². The van der Waals surface area contributed by atoms with Gasteiger partial charge in [-0.25, -0.2) is 9.78 Å². The van der Waals surface area contributed by atoms with Gasteiger partial charge in [-0.15, -0.1) is 0 Å². The number of halogens is 1. The lowest BCUT2D eigenvalue weighted by molar-refractivity contribution is 0.0694. The number of aromatic carboxylic acids is 1. The normalized spacial score (nSPS) is 18.2. The van der Waals surface area contributed by atoms with E-state index in [0.717, 1.165) is 19.5 Å². The lowest BCUT2D eigenvalue weighted by Gasteiger charge is -2.15. The summed E-state index contributed by atoms with van der Waals surface area (Å²) in [6.45, 7) is 2.55. The number of carboxylic acid groups (broad SMARTS) is 1. The van der Waals surface area contributed by atoms with Gasteiger partial charge in [0.2, 0.25) is 5.43 Å². The van der Waals surface area contributed by atoms with E-state index in [9.17, 15) is 14.7 Å². The molecule has 3 heterocycles. The van der Waals surface area contributed by atoms with E-state index < -0.39 is 11.4 Å². The highest BCUT2D eigenvalue weighted by molar-refractivity contribution is 9.10. The highest BCUT2D eigenvalue weighted by Crippen LogP contribution is 2.18. The Kier molecular flexibility index (Phi) is 3.77. The minimum atomic E-state index is -1.20. The van der Waals surface area contributed by atoms with E-state index in [2.05, 4.69) is 26.2 Å². The second kappa shape index (κ2) is 5.57. The van der Waals surface area contributed by atoms with Crippen LogP contribution in [0, 0.1) is 5.92 Å². The summed E-state index contributed by atoms with van der Waals surface area (Å²) in [4.78, 5) is 27.7. The Morgan fingerprint density at radius 2 is 2.38 bits per heavy atom. The van der Waals surface area contributed by atoms with Crippen molar-refractivity contribution in [1.29, 1.82) is 0 Å². The van der Waals surface area contributed by atoms with Gasteiger partial charge in [-0.2, -0.15) is 0 Å². The van der Waals surface area contributed by atoms with Gasteiger partial charge in [0.05, 0.1) is 17.1 Å². The number of carboxylic acids is 1. The zero-order valence-corrected chi connectivity index (χ0v) is 12.8. The summed E-state index contributed by atoms with van der Waals surface area (Å²) in [5.74, 6) is -0.769. The van der Waals surface area contributed by atoms with E-state index in [1.54, 1.807) is 12.3 Å². The molecular weight excluding hydrogens is 338 g/mol. The van der Waals surface area contributed by atoms with Crippen LogP contribution in [-0.2, 0) is 6.54 Å². The van der Waals surface area contributed by atoms with Gasteiger partial charge >= 0.3 is 5.97 Å². The van der Waals surface area contributed by atoms with Crippen LogP contribution in [0.15, 0.2) is 27.9 Å².